The second-order valence-corrected chi connectivity index (χ2v) is 7.91. The molecular formula is C25H20F2N2O4S. The third kappa shape index (κ3) is 6.08. The van der Waals surface area contributed by atoms with Crippen LogP contribution in [0.3, 0.4) is 0 Å². The summed E-state index contributed by atoms with van der Waals surface area (Å²) in [5.74, 6) is 1.26. The van der Waals surface area contributed by atoms with E-state index in [1.165, 1.54) is 23.5 Å². The van der Waals surface area contributed by atoms with Crippen LogP contribution < -0.4 is 19.5 Å². The topological polar surface area (TPSA) is 69.7 Å². The Morgan fingerprint density at radius 2 is 1.59 bits per heavy atom. The van der Waals surface area contributed by atoms with Crippen molar-refractivity contribution in [2.24, 2.45) is 0 Å². The first-order chi connectivity index (χ1) is 16.5. The molecule has 34 heavy (non-hydrogen) atoms. The summed E-state index contributed by atoms with van der Waals surface area (Å²) >= 11 is 1.27. The van der Waals surface area contributed by atoms with Crippen LogP contribution in [-0.4, -0.2) is 24.6 Å². The van der Waals surface area contributed by atoms with Crippen LogP contribution in [0.25, 0.3) is 11.3 Å². The molecular weight excluding hydrogens is 462 g/mol. The van der Waals surface area contributed by atoms with Crippen molar-refractivity contribution in [1.82, 2.24) is 4.98 Å². The number of hydrogen-bond acceptors (Lipinski definition) is 6. The van der Waals surface area contributed by atoms with Crippen LogP contribution in [0.4, 0.5) is 13.9 Å². The van der Waals surface area contributed by atoms with Crippen molar-refractivity contribution in [2.75, 3.05) is 12.4 Å². The number of carbonyl (C=O) groups is 1. The van der Waals surface area contributed by atoms with Gasteiger partial charge in [0.15, 0.2) is 5.13 Å². The number of aromatic nitrogens is 1. The summed E-state index contributed by atoms with van der Waals surface area (Å²) in [5.41, 5.74) is 2.75. The highest BCUT2D eigenvalue weighted by molar-refractivity contribution is 7.14. The normalized spacial score (nSPS) is 10.7. The highest BCUT2D eigenvalue weighted by Gasteiger charge is 2.11. The molecule has 0 radical (unpaired) electrons. The second kappa shape index (κ2) is 10.8. The van der Waals surface area contributed by atoms with Crippen molar-refractivity contribution in [3.63, 3.8) is 0 Å². The summed E-state index contributed by atoms with van der Waals surface area (Å²) in [4.78, 5) is 17.0. The van der Waals surface area contributed by atoms with E-state index in [0.29, 0.717) is 23.0 Å². The Hall–Kier alpha value is -3.98. The Morgan fingerprint density at radius 1 is 0.941 bits per heavy atom. The minimum Gasteiger partial charge on any atom is -0.497 e. The van der Waals surface area contributed by atoms with E-state index in [9.17, 15) is 13.6 Å². The van der Waals surface area contributed by atoms with Crippen LogP contribution in [-0.2, 0) is 6.61 Å². The smallest absolute Gasteiger partial charge is 0.387 e. The molecule has 0 atom stereocenters. The van der Waals surface area contributed by atoms with Crippen LogP contribution in [0.2, 0.25) is 0 Å². The first kappa shape index (κ1) is 23.2. The zero-order chi connectivity index (χ0) is 23.9. The molecule has 0 aliphatic carbocycles. The van der Waals surface area contributed by atoms with Crippen LogP contribution in [0.1, 0.15) is 15.9 Å². The van der Waals surface area contributed by atoms with Gasteiger partial charge < -0.3 is 14.2 Å². The number of nitrogens with zero attached hydrogens (tertiary/aromatic N) is 1. The van der Waals surface area contributed by atoms with Crippen LogP contribution in [0.15, 0.2) is 78.2 Å². The second-order valence-electron chi connectivity index (χ2n) is 7.06. The maximum Gasteiger partial charge on any atom is 0.387 e. The van der Waals surface area contributed by atoms with Gasteiger partial charge in [0, 0.05) is 16.5 Å². The van der Waals surface area contributed by atoms with E-state index in [1.54, 1.807) is 36.8 Å². The molecule has 0 aliphatic rings. The third-order valence-corrected chi connectivity index (χ3v) is 5.54. The Balaban J connectivity index is 1.32. The van der Waals surface area contributed by atoms with E-state index in [2.05, 4.69) is 15.0 Å². The number of methoxy groups -OCH3 is 1. The van der Waals surface area contributed by atoms with Crippen molar-refractivity contribution in [3.05, 3.63) is 89.3 Å². The minimum absolute atomic E-state index is 0.0698. The van der Waals surface area contributed by atoms with Gasteiger partial charge in [0.2, 0.25) is 0 Å². The molecule has 1 amide bonds. The molecule has 0 spiro atoms. The van der Waals surface area contributed by atoms with Gasteiger partial charge in [-0.25, -0.2) is 4.98 Å². The number of carbonyl (C=O) groups excluding carboxylic acids is 1. The predicted molar refractivity (Wildman–Crippen MR) is 126 cm³/mol. The van der Waals surface area contributed by atoms with Gasteiger partial charge in [-0.3, -0.25) is 10.1 Å². The van der Waals surface area contributed by atoms with E-state index in [-0.39, 0.29) is 11.7 Å². The first-order valence-electron chi connectivity index (χ1n) is 10.2. The van der Waals surface area contributed by atoms with Crippen molar-refractivity contribution in [1.29, 1.82) is 0 Å². The molecule has 0 bridgehead atoms. The summed E-state index contributed by atoms with van der Waals surface area (Å²) in [6.07, 6.45) is 0. The summed E-state index contributed by atoms with van der Waals surface area (Å²) < 4.78 is 39.8. The van der Waals surface area contributed by atoms with E-state index in [0.717, 1.165) is 22.6 Å². The molecule has 1 aromatic heterocycles. The van der Waals surface area contributed by atoms with Gasteiger partial charge in [-0.05, 0) is 66.2 Å². The number of anilines is 1. The zero-order valence-electron chi connectivity index (χ0n) is 18.0. The summed E-state index contributed by atoms with van der Waals surface area (Å²) in [7, 11) is 1.61. The molecule has 0 unspecified atom stereocenters. The van der Waals surface area contributed by atoms with Crippen molar-refractivity contribution >= 4 is 22.4 Å². The predicted octanol–water partition coefficient (Wildman–Crippen LogP) is 6.25. The van der Waals surface area contributed by atoms with Crippen LogP contribution >= 0.6 is 11.3 Å². The van der Waals surface area contributed by atoms with Crippen molar-refractivity contribution < 1.29 is 27.8 Å². The number of hydrogen-bond donors (Lipinski definition) is 1. The van der Waals surface area contributed by atoms with Gasteiger partial charge in [-0.1, -0.05) is 12.1 Å². The van der Waals surface area contributed by atoms with Crippen molar-refractivity contribution in [2.45, 2.75) is 13.2 Å². The van der Waals surface area contributed by atoms with Gasteiger partial charge in [0.1, 0.15) is 23.9 Å². The lowest BCUT2D eigenvalue weighted by molar-refractivity contribution is -0.0498. The minimum atomic E-state index is -2.87. The standard InChI is InChI=1S/C25H20F2N2O4S/c1-31-19-10-12-20(13-11-19)32-14-16-2-4-18(5-3-16)23(30)29-25-28-22(15-34-25)17-6-8-21(9-7-17)33-24(26)27/h2-13,15,24H,14H2,1H3,(H,28,29,30). The molecule has 0 aliphatic heterocycles. The van der Waals surface area contributed by atoms with E-state index < -0.39 is 6.61 Å². The zero-order valence-corrected chi connectivity index (χ0v) is 18.9. The number of rotatable bonds is 9. The molecule has 3 aromatic carbocycles. The number of amides is 1. The highest BCUT2D eigenvalue weighted by atomic mass is 32.1. The fourth-order valence-corrected chi connectivity index (χ4v) is 3.75. The molecule has 4 rings (SSSR count). The molecule has 0 fully saturated rings. The third-order valence-electron chi connectivity index (χ3n) is 4.78. The average molecular weight is 483 g/mol. The van der Waals surface area contributed by atoms with E-state index in [4.69, 9.17) is 9.47 Å². The molecule has 0 saturated carbocycles. The van der Waals surface area contributed by atoms with Crippen LogP contribution in [0.5, 0.6) is 17.2 Å². The first-order valence-corrected chi connectivity index (χ1v) is 11.1. The molecule has 4 aromatic rings. The molecule has 174 valence electrons. The van der Waals surface area contributed by atoms with Gasteiger partial charge in [-0.15, -0.1) is 11.3 Å². The number of alkyl halides is 2. The summed E-state index contributed by atoms with van der Waals surface area (Å²) in [5, 5.41) is 4.98. The number of ether oxygens (including phenoxy) is 3. The summed E-state index contributed by atoms with van der Waals surface area (Å²) in [6.45, 7) is -2.51. The van der Waals surface area contributed by atoms with Crippen LogP contribution in [0, 0.1) is 0 Å². The van der Waals surface area contributed by atoms with Gasteiger partial charge in [0.05, 0.1) is 12.8 Å². The number of halogens is 2. The Bertz CT molecular complexity index is 1230. The number of nitrogens with one attached hydrogen (secondary N) is 1. The van der Waals surface area contributed by atoms with Gasteiger partial charge in [0.25, 0.3) is 5.91 Å². The monoisotopic (exact) mass is 482 g/mol. The Morgan fingerprint density at radius 3 is 2.24 bits per heavy atom. The Labute approximate surface area is 198 Å². The SMILES string of the molecule is COc1ccc(OCc2ccc(C(=O)Nc3nc(-c4ccc(OC(F)F)cc4)cs3)cc2)cc1. The lowest BCUT2D eigenvalue weighted by atomic mass is 10.1. The highest BCUT2D eigenvalue weighted by Crippen LogP contribution is 2.27. The quantitative estimate of drug-likeness (QED) is 0.305. The molecule has 0 saturated heterocycles. The lowest BCUT2D eigenvalue weighted by Crippen LogP contribution is -2.11. The Kier molecular flexibility index (Phi) is 7.34. The summed E-state index contributed by atoms with van der Waals surface area (Å²) in [6, 6.07) is 20.5. The fourth-order valence-electron chi connectivity index (χ4n) is 3.03. The van der Waals surface area contributed by atoms with E-state index >= 15 is 0 Å². The van der Waals surface area contributed by atoms with Gasteiger partial charge in [-0.2, -0.15) is 8.78 Å². The van der Waals surface area contributed by atoms with Crippen molar-refractivity contribution in [3.8, 4) is 28.5 Å². The maximum atomic E-state index is 12.6. The molecule has 1 N–H and O–H groups in total. The van der Waals surface area contributed by atoms with Gasteiger partial charge >= 0.3 is 6.61 Å². The molecule has 1 heterocycles. The largest absolute Gasteiger partial charge is 0.497 e. The number of benzene rings is 3. The lowest BCUT2D eigenvalue weighted by Gasteiger charge is -2.08. The molecule has 6 nitrogen and oxygen atoms in total. The molecule has 9 heteroatoms. The number of thiazole rings is 1. The fraction of sp³-hybridized carbons (Fsp3) is 0.120. The maximum absolute atomic E-state index is 12.6. The average Bonchev–Trinajstić information content (AvgIpc) is 3.32. The van der Waals surface area contributed by atoms with E-state index in [1.807, 2.05) is 36.4 Å².